The molecule has 178 valence electrons. The Morgan fingerprint density at radius 2 is 1.06 bits per heavy atom. The zero-order chi connectivity index (χ0) is 18.2. The first kappa shape index (κ1) is 35.0. The first-order valence-corrected chi connectivity index (χ1v) is 12.1. The van der Waals surface area contributed by atoms with Gasteiger partial charge < -0.3 is 14.9 Å². The second kappa shape index (κ2) is 18.9. The zero-order valence-electron chi connectivity index (χ0n) is 19.0. The van der Waals surface area contributed by atoms with E-state index in [1.807, 2.05) is 0 Å². The quantitative estimate of drug-likeness (QED) is 0.231. The molecule has 0 aliphatic heterocycles. The zero-order valence-corrected chi connectivity index (χ0v) is 21.0. The van der Waals surface area contributed by atoms with E-state index in [0.717, 1.165) is 17.5 Å². The van der Waals surface area contributed by atoms with E-state index in [4.69, 9.17) is 0 Å². The smallest absolute Gasteiger partial charge is 0.358 e. The maximum atomic E-state index is 2.50. The van der Waals surface area contributed by atoms with Gasteiger partial charge in [0.2, 0.25) is 0 Å². The van der Waals surface area contributed by atoms with Gasteiger partial charge in [-0.25, -0.2) is 0 Å². The van der Waals surface area contributed by atoms with Crippen molar-refractivity contribution in [2.45, 2.75) is 85.7 Å². The molecule has 0 amide bonds. The number of benzene rings is 2. The standard InChI is InChI=1S/C20H25P.C5H10.2CH4.2CH3.Fe/c1-16-10-9-15-20(16)17(2)21(18-11-5-3-6-12-18)19-13-7-4-8-14-19;1-2-4-5-3-1;;;;;/h3-8,11-14,16-17,20H,9-10,15H2,1-2H3;1-5H2;2*1H4;2*1H3;/q;;;;2*-1;+2/t16?,17-,20?;;;;;;/m1....../s1. The Morgan fingerprint density at radius 3 is 1.39 bits per heavy atom. The van der Waals surface area contributed by atoms with E-state index in [1.165, 1.54) is 62.0 Å². The van der Waals surface area contributed by atoms with Crippen LogP contribution in [0.25, 0.3) is 0 Å². The summed E-state index contributed by atoms with van der Waals surface area (Å²) in [5, 5.41) is 3.07. The van der Waals surface area contributed by atoms with Crippen LogP contribution >= 0.6 is 7.92 Å². The molecule has 2 aliphatic carbocycles. The Kier molecular flexibility index (Phi) is 21.3. The summed E-state index contributed by atoms with van der Waals surface area (Å²) in [6, 6.07) is 22.3. The van der Waals surface area contributed by atoms with E-state index >= 15 is 0 Å². The maximum absolute atomic E-state index is 2.50. The van der Waals surface area contributed by atoms with Crippen molar-refractivity contribution in [3.8, 4) is 0 Å². The van der Waals surface area contributed by atoms with E-state index in [2.05, 4.69) is 74.5 Å². The molecule has 0 spiro atoms. The van der Waals surface area contributed by atoms with Crippen molar-refractivity contribution in [1.82, 2.24) is 0 Å². The minimum Gasteiger partial charge on any atom is -0.358 e. The first-order chi connectivity index (χ1) is 12.8. The van der Waals surface area contributed by atoms with Crippen molar-refractivity contribution in [1.29, 1.82) is 0 Å². The fourth-order valence-corrected chi connectivity index (χ4v) is 7.81. The molecule has 2 fully saturated rings. The summed E-state index contributed by atoms with van der Waals surface area (Å²) in [5.74, 6) is 1.77. The van der Waals surface area contributed by atoms with Gasteiger partial charge in [0, 0.05) is 0 Å². The van der Waals surface area contributed by atoms with Crippen molar-refractivity contribution in [3.05, 3.63) is 75.5 Å². The molecule has 2 unspecified atom stereocenters. The Balaban J connectivity index is -0.000000698. The Bertz CT molecular complexity index is 577. The molecule has 3 atom stereocenters. The average molecular weight is 485 g/mol. The molecule has 0 bridgehead atoms. The molecule has 2 saturated carbocycles. The van der Waals surface area contributed by atoms with Crippen LogP contribution in [0.1, 0.15) is 80.1 Å². The van der Waals surface area contributed by atoms with Gasteiger partial charge in [-0.1, -0.05) is 134 Å². The minimum atomic E-state index is -0.250. The molecule has 0 N–H and O–H groups in total. The van der Waals surface area contributed by atoms with Gasteiger partial charge in [-0.05, 0) is 42.4 Å². The number of hydrogen-bond acceptors (Lipinski definition) is 0. The molecule has 2 aromatic carbocycles. The fraction of sp³-hybridized carbons (Fsp3) is 0.517. The summed E-state index contributed by atoms with van der Waals surface area (Å²) in [6.07, 6.45) is 11.8. The van der Waals surface area contributed by atoms with Crippen LogP contribution in [-0.2, 0) is 17.1 Å². The summed E-state index contributed by atoms with van der Waals surface area (Å²) in [6.45, 7) is 4.95. The van der Waals surface area contributed by atoms with Gasteiger partial charge in [0.25, 0.3) is 0 Å². The van der Waals surface area contributed by atoms with E-state index in [-0.39, 0.29) is 54.7 Å². The SMILES string of the molecule is C.C.C1CCCC1.CC1CCCC1[C@@H](C)P(c1ccccc1)c1ccccc1.[CH3-].[CH3-].[Fe+2]. The van der Waals surface area contributed by atoms with Crippen LogP contribution in [0.15, 0.2) is 60.7 Å². The second-order valence-electron chi connectivity index (χ2n) is 8.12. The Hall–Kier alpha value is -0.611. The third-order valence-electron chi connectivity index (χ3n) is 6.27. The third-order valence-corrected chi connectivity index (χ3v) is 9.18. The summed E-state index contributed by atoms with van der Waals surface area (Å²) in [4.78, 5) is 0. The van der Waals surface area contributed by atoms with Gasteiger partial charge in [0.1, 0.15) is 0 Å². The van der Waals surface area contributed by atoms with Gasteiger partial charge >= 0.3 is 17.1 Å². The fourth-order valence-electron chi connectivity index (χ4n) is 4.76. The molecular weight excluding hydrogens is 435 g/mol. The van der Waals surface area contributed by atoms with E-state index in [1.54, 1.807) is 0 Å². The van der Waals surface area contributed by atoms with Gasteiger partial charge in [-0.3, -0.25) is 0 Å². The van der Waals surface area contributed by atoms with E-state index in [0.29, 0.717) is 0 Å². The average Bonchev–Trinajstić information content (AvgIpc) is 3.38. The van der Waals surface area contributed by atoms with Crippen molar-refractivity contribution in [2.75, 3.05) is 0 Å². The molecule has 2 heteroatoms. The molecule has 0 nitrogen and oxygen atoms in total. The predicted octanol–water partition coefficient (Wildman–Crippen LogP) is 9.06. The van der Waals surface area contributed by atoms with E-state index < -0.39 is 0 Å². The van der Waals surface area contributed by atoms with Crippen LogP contribution in [0.3, 0.4) is 0 Å². The second-order valence-corrected chi connectivity index (χ2v) is 10.7. The van der Waals surface area contributed by atoms with Crippen LogP contribution in [-0.4, -0.2) is 5.66 Å². The first-order valence-electron chi connectivity index (χ1n) is 10.7. The largest absolute Gasteiger partial charge is 2.00 e. The maximum Gasteiger partial charge on any atom is 2.00 e. The normalized spacial score (nSPS) is 19.7. The molecule has 0 aromatic heterocycles. The molecule has 2 aliphatic rings. The van der Waals surface area contributed by atoms with Gasteiger partial charge in [0.05, 0.1) is 0 Å². The van der Waals surface area contributed by atoms with Crippen molar-refractivity contribution in [3.63, 3.8) is 0 Å². The van der Waals surface area contributed by atoms with Gasteiger partial charge in [0.15, 0.2) is 0 Å². The van der Waals surface area contributed by atoms with Crippen LogP contribution in [0.2, 0.25) is 0 Å². The van der Waals surface area contributed by atoms with Crippen LogP contribution in [0, 0.1) is 26.7 Å². The van der Waals surface area contributed by atoms with Crippen LogP contribution in [0.5, 0.6) is 0 Å². The minimum absolute atomic E-state index is 0. The van der Waals surface area contributed by atoms with Crippen LogP contribution in [0.4, 0.5) is 0 Å². The van der Waals surface area contributed by atoms with Crippen molar-refractivity contribution >= 4 is 18.5 Å². The molecule has 0 radical (unpaired) electrons. The van der Waals surface area contributed by atoms with Crippen molar-refractivity contribution in [2.24, 2.45) is 11.8 Å². The predicted molar refractivity (Wildman–Crippen MR) is 144 cm³/mol. The van der Waals surface area contributed by atoms with Gasteiger partial charge in [-0.2, -0.15) is 0 Å². The number of hydrogen-bond donors (Lipinski definition) is 0. The molecule has 31 heavy (non-hydrogen) atoms. The van der Waals surface area contributed by atoms with Gasteiger partial charge in [-0.15, -0.1) is 0 Å². The molecular formula is C29H49FeP. The molecule has 0 saturated heterocycles. The number of rotatable bonds is 4. The topological polar surface area (TPSA) is 0 Å². The molecule has 4 rings (SSSR count). The summed E-state index contributed by atoms with van der Waals surface area (Å²) in [5.41, 5.74) is 0.766. The van der Waals surface area contributed by atoms with Crippen LogP contribution < -0.4 is 10.6 Å². The summed E-state index contributed by atoms with van der Waals surface area (Å²) >= 11 is 0. The third kappa shape index (κ3) is 10.2. The Labute approximate surface area is 208 Å². The molecule has 2 aromatic rings. The van der Waals surface area contributed by atoms with Crippen molar-refractivity contribution < 1.29 is 17.1 Å². The summed E-state index contributed by atoms with van der Waals surface area (Å²) in [7, 11) is -0.250. The molecule has 0 heterocycles. The monoisotopic (exact) mass is 484 g/mol. The van der Waals surface area contributed by atoms with E-state index in [9.17, 15) is 0 Å². The summed E-state index contributed by atoms with van der Waals surface area (Å²) < 4.78 is 0. The Morgan fingerprint density at radius 1 is 0.677 bits per heavy atom.